The van der Waals surface area contributed by atoms with Gasteiger partial charge in [-0.2, -0.15) is 0 Å². The van der Waals surface area contributed by atoms with E-state index < -0.39 is 6.10 Å². The summed E-state index contributed by atoms with van der Waals surface area (Å²) in [5, 5.41) is 9.51. The van der Waals surface area contributed by atoms with Crippen molar-refractivity contribution in [2.24, 2.45) is 0 Å². The number of aliphatic hydroxyl groups is 1. The van der Waals surface area contributed by atoms with Crippen LogP contribution in [0.4, 0.5) is 0 Å². The Morgan fingerprint density at radius 2 is 0.932 bits per heavy atom. The van der Waals surface area contributed by atoms with Crippen molar-refractivity contribution >= 4 is 11.9 Å². The fourth-order valence-electron chi connectivity index (χ4n) is 4.54. The van der Waals surface area contributed by atoms with Gasteiger partial charge in [-0.1, -0.05) is 126 Å². The Balaban J connectivity index is 3.72. The molecule has 1 unspecified atom stereocenters. The van der Waals surface area contributed by atoms with Gasteiger partial charge in [-0.25, -0.2) is 0 Å². The summed E-state index contributed by atoms with van der Waals surface area (Å²) >= 11 is 0. The second kappa shape index (κ2) is 35.1. The molecular weight excluding hydrogens is 548 g/mol. The lowest BCUT2D eigenvalue weighted by Crippen LogP contribution is -2.28. The molecule has 0 saturated carbocycles. The zero-order valence-corrected chi connectivity index (χ0v) is 28.4. The van der Waals surface area contributed by atoms with Crippen molar-refractivity contribution in [3.63, 3.8) is 0 Å². The third-order valence-electron chi connectivity index (χ3n) is 7.28. The molecule has 0 saturated heterocycles. The first-order valence-electron chi connectivity index (χ1n) is 17.8. The summed E-state index contributed by atoms with van der Waals surface area (Å²) in [5.74, 6) is -0.673. The first kappa shape index (κ1) is 41.6. The zero-order valence-electron chi connectivity index (χ0n) is 28.4. The quantitative estimate of drug-likeness (QED) is 0.0478. The second-order valence-corrected chi connectivity index (χ2v) is 11.6. The SMILES string of the molecule is CCCCCC=CCC=CCC=CCC=CCCCC(=O)OCC(CO)OC(=O)CCCCCCCC=CCCCCCC. The maximum atomic E-state index is 12.1. The van der Waals surface area contributed by atoms with Crippen LogP contribution in [0.15, 0.2) is 60.8 Å². The molecule has 0 fully saturated rings. The third kappa shape index (κ3) is 32.5. The Kier molecular flexibility index (Phi) is 33.2. The summed E-state index contributed by atoms with van der Waals surface area (Å²) in [6.45, 7) is 4.02. The van der Waals surface area contributed by atoms with Gasteiger partial charge >= 0.3 is 11.9 Å². The molecule has 0 aliphatic heterocycles. The molecule has 0 spiro atoms. The molecule has 5 heteroatoms. The summed E-state index contributed by atoms with van der Waals surface area (Å²) in [6.07, 6.45) is 44.2. The average molecular weight is 615 g/mol. The number of allylic oxidation sites excluding steroid dienone is 10. The second-order valence-electron chi connectivity index (χ2n) is 11.6. The molecule has 0 radical (unpaired) electrons. The molecule has 0 aromatic carbocycles. The van der Waals surface area contributed by atoms with Crippen molar-refractivity contribution in [1.82, 2.24) is 0 Å². The van der Waals surface area contributed by atoms with E-state index in [1.165, 1.54) is 70.6 Å². The number of rotatable bonds is 31. The Morgan fingerprint density at radius 1 is 0.523 bits per heavy atom. The van der Waals surface area contributed by atoms with Crippen molar-refractivity contribution in [1.29, 1.82) is 0 Å². The van der Waals surface area contributed by atoms with E-state index in [-0.39, 0.29) is 25.2 Å². The van der Waals surface area contributed by atoms with E-state index in [1.54, 1.807) is 0 Å². The van der Waals surface area contributed by atoms with Gasteiger partial charge in [0.25, 0.3) is 0 Å². The van der Waals surface area contributed by atoms with Gasteiger partial charge in [0.2, 0.25) is 0 Å². The van der Waals surface area contributed by atoms with Crippen LogP contribution in [0.25, 0.3) is 0 Å². The van der Waals surface area contributed by atoms with Crippen LogP contribution in [-0.2, 0) is 19.1 Å². The molecule has 1 atom stereocenters. The molecule has 0 aliphatic rings. The summed E-state index contributed by atoms with van der Waals surface area (Å²) < 4.78 is 10.5. The van der Waals surface area contributed by atoms with Crippen molar-refractivity contribution in [2.45, 2.75) is 161 Å². The van der Waals surface area contributed by atoms with Crippen LogP contribution < -0.4 is 0 Å². The van der Waals surface area contributed by atoms with Crippen molar-refractivity contribution in [2.75, 3.05) is 13.2 Å². The van der Waals surface area contributed by atoms with Gasteiger partial charge in [0, 0.05) is 12.8 Å². The Labute approximate surface area is 271 Å². The molecule has 0 aromatic rings. The Hall–Kier alpha value is -2.40. The first-order chi connectivity index (χ1) is 21.6. The summed E-state index contributed by atoms with van der Waals surface area (Å²) in [7, 11) is 0. The fourth-order valence-corrected chi connectivity index (χ4v) is 4.54. The van der Waals surface area contributed by atoms with Gasteiger partial charge in [-0.3, -0.25) is 9.59 Å². The molecule has 1 N–H and O–H groups in total. The highest BCUT2D eigenvalue weighted by molar-refractivity contribution is 5.70. The predicted molar refractivity (Wildman–Crippen MR) is 187 cm³/mol. The largest absolute Gasteiger partial charge is 0.462 e. The standard InChI is InChI=1S/C39H66O5/c1-3-5-7-9-11-13-15-17-18-19-20-22-23-25-27-29-31-33-38(41)43-36-37(35-40)44-39(42)34-32-30-28-26-24-21-16-14-12-10-8-6-4-2/h11,13-14,16-18,20,22,25,27,37,40H,3-10,12,15,19,21,23-24,26,28-36H2,1-2H3. The highest BCUT2D eigenvalue weighted by atomic mass is 16.6. The van der Waals surface area contributed by atoms with Crippen LogP contribution in [-0.4, -0.2) is 36.4 Å². The summed E-state index contributed by atoms with van der Waals surface area (Å²) in [5.41, 5.74) is 0. The fraction of sp³-hybridized carbons (Fsp3) is 0.692. The Bertz CT molecular complexity index is 792. The smallest absolute Gasteiger partial charge is 0.306 e. The van der Waals surface area contributed by atoms with Crippen LogP contribution in [0.1, 0.15) is 155 Å². The molecule has 0 aliphatic carbocycles. The molecule has 0 amide bonds. The highest BCUT2D eigenvalue weighted by Crippen LogP contribution is 2.10. The molecule has 252 valence electrons. The Morgan fingerprint density at radius 3 is 1.50 bits per heavy atom. The van der Waals surface area contributed by atoms with Gasteiger partial charge < -0.3 is 14.6 Å². The van der Waals surface area contributed by atoms with Gasteiger partial charge in [0.1, 0.15) is 6.61 Å². The van der Waals surface area contributed by atoms with E-state index >= 15 is 0 Å². The number of hydrogen-bond acceptors (Lipinski definition) is 5. The highest BCUT2D eigenvalue weighted by Gasteiger charge is 2.15. The maximum absolute atomic E-state index is 12.1. The summed E-state index contributed by atoms with van der Waals surface area (Å²) in [6, 6.07) is 0. The lowest BCUT2D eigenvalue weighted by Gasteiger charge is -2.15. The topological polar surface area (TPSA) is 72.8 Å². The molecule has 0 aromatic heterocycles. The van der Waals surface area contributed by atoms with Crippen LogP contribution in [0, 0.1) is 0 Å². The molecule has 5 nitrogen and oxygen atoms in total. The number of aliphatic hydroxyl groups excluding tert-OH is 1. The molecule has 0 bridgehead atoms. The minimum absolute atomic E-state index is 0.0997. The lowest BCUT2D eigenvalue weighted by molar-refractivity contribution is -0.161. The van der Waals surface area contributed by atoms with Gasteiger partial charge in [-0.15, -0.1) is 0 Å². The van der Waals surface area contributed by atoms with Crippen molar-refractivity contribution < 1.29 is 24.2 Å². The van der Waals surface area contributed by atoms with E-state index in [1.807, 2.05) is 0 Å². The van der Waals surface area contributed by atoms with E-state index in [2.05, 4.69) is 74.6 Å². The number of carbonyl (C=O) groups excluding carboxylic acids is 2. The predicted octanol–water partition coefficient (Wildman–Crippen LogP) is 10.8. The molecular formula is C39H66O5. The van der Waals surface area contributed by atoms with Crippen molar-refractivity contribution in [3.05, 3.63) is 60.8 Å². The third-order valence-corrected chi connectivity index (χ3v) is 7.28. The number of carbonyl (C=O) groups is 2. The number of hydrogen-bond donors (Lipinski definition) is 1. The minimum Gasteiger partial charge on any atom is -0.462 e. The lowest BCUT2D eigenvalue weighted by atomic mass is 10.1. The number of ether oxygens (including phenoxy) is 2. The zero-order chi connectivity index (χ0) is 32.2. The first-order valence-corrected chi connectivity index (χ1v) is 17.8. The summed E-state index contributed by atoms with van der Waals surface area (Å²) in [4.78, 5) is 24.1. The van der Waals surface area contributed by atoms with E-state index in [0.29, 0.717) is 19.3 Å². The monoisotopic (exact) mass is 614 g/mol. The normalized spacial score (nSPS) is 12.9. The molecule has 44 heavy (non-hydrogen) atoms. The average Bonchev–Trinajstić information content (AvgIpc) is 3.02. The van der Waals surface area contributed by atoms with Crippen LogP contribution >= 0.6 is 0 Å². The van der Waals surface area contributed by atoms with E-state index in [9.17, 15) is 14.7 Å². The van der Waals surface area contributed by atoms with Crippen molar-refractivity contribution in [3.8, 4) is 0 Å². The van der Waals surface area contributed by atoms with Gasteiger partial charge in [0.15, 0.2) is 6.10 Å². The van der Waals surface area contributed by atoms with Crippen LogP contribution in [0.3, 0.4) is 0 Å². The van der Waals surface area contributed by atoms with E-state index in [0.717, 1.165) is 51.4 Å². The number of unbranched alkanes of at least 4 members (excludes halogenated alkanes) is 13. The molecule has 0 rings (SSSR count). The van der Waals surface area contributed by atoms with E-state index in [4.69, 9.17) is 9.47 Å². The number of esters is 2. The maximum Gasteiger partial charge on any atom is 0.306 e. The minimum atomic E-state index is -0.797. The molecule has 0 heterocycles. The van der Waals surface area contributed by atoms with Crippen LogP contribution in [0.5, 0.6) is 0 Å². The van der Waals surface area contributed by atoms with Crippen LogP contribution in [0.2, 0.25) is 0 Å². The van der Waals surface area contributed by atoms with Gasteiger partial charge in [0.05, 0.1) is 6.61 Å². The van der Waals surface area contributed by atoms with Gasteiger partial charge in [-0.05, 0) is 77.0 Å².